The van der Waals surface area contributed by atoms with Crippen molar-refractivity contribution in [2.75, 3.05) is 19.0 Å². The van der Waals surface area contributed by atoms with Crippen LogP contribution in [0.5, 0.6) is 5.75 Å². The molecule has 6 nitrogen and oxygen atoms in total. The van der Waals surface area contributed by atoms with Crippen molar-refractivity contribution in [3.05, 3.63) is 77.5 Å². The molecule has 0 atom stereocenters. The number of rotatable bonds is 7. The molecule has 7 heteroatoms. The topological polar surface area (TPSA) is 76.1 Å². The summed E-state index contributed by atoms with van der Waals surface area (Å²) in [7, 11) is 1.62. The molecule has 0 radical (unpaired) electrons. The molecular weight excluding hydrogens is 359 g/mol. The first-order valence-corrected chi connectivity index (χ1v) is 8.83. The fourth-order valence-electron chi connectivity index (χ4n) is 2.67. The Labute approximate surface area is 162 Å². The maximum atomic E-state index is 13.0. The van der Waals surface area contributed by atoms with Crippen LogP contribution in [0.15, 0.2) is 54.6 Å². The number of hydrogen-bond acceptors (Lipinski definition) is 5. The quantitative estimate of drug-likeness (QED) is 0.654. The van der Waals surface area contributed by atoms with Crippen molar-refractivity contribution in [2.45, 2.75) is 13.3 Å². The molecule has 0 spiro atoms. The van der Waals surface area contributed by atoms with Gasteiger partial charge < -0.3 is 15.4 Å². The maximum absolute atomic E-state index is 13.0. The van der Waals surface area contributed by atoms with Gasteiger partial charge in [-0.15, -0.1) is 0 Å². The van der Waals surface area contributed by atoms with Crippen molar-refractivity contribution in [1.29, 1.82) is 0 Å². The SMILES string of the molecule is COc1cccc(CCNC(=O)c2cc(Nc3ccc(F)cc3)nc(C)n2)c1. The molecule has 2 N–H and O–H groups in total. The van der Waals surface area contributed by atoms with Crippen molar-refractivity contribution in [3.63, 3.8) is 0 Å². The molecule has 144 valence electrons. The number of aromatic nitrogens is 2. The second-order valence-corrected chi connectivity index (χ2v) is 6.17. The van der Waals surface area contributed by atoms with Crippen LogP contribution in [0.2, 0.25) is 0 Å². The van der Waals surface area contributed by atoms with E-state index in [9.17, 15) is 9.18 Å². The second-order valence-electron chi connectivity index (χ2n) is 6.17. The number of halogens is 1. The van der Waals surface area contributed by atoms with Crippen LogP contribution in [0.25, 0.3) is 0 Å². The Bertz CT molecular complexity index is 961. The molecular formula is C21H21FN4O2. The Balaban J connectivity index is 1.62. The van der Waals surface area contributed by atoms with Gasteiger partial charge in [0, 0.05) is 18.3 Å². The standard InChI is InChI=1S/C21H21FN4O2/c1-14-24-19(13-20(25-14)26-17-8-6-16(22)7-9-17)21(27)23-11-10-15-4-3-5-18(12-15)28-2/h3-9,12-13H,10-11H2,1-2H3,(H,23,27)(H,24,25,26). The van der Waals surface area contributed by atoms with E-state index >= 15 is 0 Å². The van der Waals surface area contributed by atoms with Gasteiger partial charge in [-0.1, -0.05) is 12.1 Å². The summed E-state index contributed by atoms with van der Waals surface area (Å²) in [6.07, 6.45) is 0.674. The van der Waals surface area contributed by atoms with Gasteiger partial charge in [0.2, 0.25) is 0 Å². The Hall–Kier alpha value is -3.48. The second kappa shape index (κ2) is 8.94. The van der Waals surface area contributed by atoms with Crippen LogP contribution in [0, 0.1) is 12.7 Å². The average molecular weight is 380 g/mol. The molecule has 0 aliphatic carbocycles. The minimum absolute atomic E-state index is 0.266. The fourth-order valence-corrected chi connectivity index (χ4v) is 2.67. The Morgan fingerprint density at radius 2 is 1.89 bits per heavy atom. The predicted octanol–water partition coefficient (Wildman–Crippen LogP) is 3.65. The number of anilines is 2. The van der Waals surface area contributed by atoms with Crippen LogP contribution in [-0.2, 0) is 6.42 Å². The molecule has 3 rings (SSSR count). The summed E-state index contributed by atoms with van der Waals surface area (Å²) in [5.74, 6) is 1.12. The van der Waals surface area contributed by atoms with Crippen molar-refractivity contribution < 1.29 is 13.9 Å². The lowest BCUT2D eigenvalue weighted by molar-refractivity contribution is 0.0949. The zero-order chi connectivity index (χ0) is 19.9. The van der Waals surface area contributed by atoms with E-state index in [0.29, 0.717) is 30.3 Å². The van der Waals surface area contributed by atoms with Gasteiger partial charge >= 0.3 is 0 Å². The summed E-state index contributed by atoms with van der Waals surface area (Å²) >= 11 is 0. The van der Waals surface area contributed by atoms with E-state index in [1.165, 1.54) is 12.1 Å². The van der Waals surface area contributed by atoms with Crippen molar-refractivity contribution in [3.8, 4) is 5.75 Å². The third-order valence-corrected chi connectivity index (χ3v) is 4.02. The van der Waals surface area contributed by atoms with Crippen LogP contribution in [0.1, 0.15) is 21.9 Å². The zero-order valence-corrected chi connectivity index (χ0v) is 15.7. The van der Waals surface area contributed by atoms with E-state index in [2.05, 4.69) is 20.6 Å². The molecule has 1 aromatic heterocycles. The number of aryl methyl sites for hydroxylation is 1. The number of amides is 1. The minimum Gasteiger partial charge on any atom is -0.497 e. The highest BCUT2D eigenvalue weighted by Gasteiger charge is 2.10. The third kappa shape index (κ3) is 5.26. The number of methoxy groups -OCH3 is 1. The Morgan fingerprint density at radius 1 is 1.11 bits per heavy atom. The highest BCUT2D eigenvalue weighted by Crippen LogP contribution is 2.16. The molecule has 0 aliphatic heterocycles. The predicted molar refractivity (Wildman–Crippen MR) is 105 cm³/mol. The number of ether oxygens (including phenoxy) is 1. The summed E-state index contributed by atoms with van der Waals surface area (Å²) < 4.78 is 18.2. The lowest BCUT2D eigenvalue weighted by atomic mass is 10.1. The van der Waals surface area contributed by atoms with Gasteiger partial charge in [0.05, 0.1) is 7.11 Å². The van der Waals surface area contributed by atoms with Gasteiger partial charge in [0.25, 0.3) is 5.91 Å². The van der Waals surface area contributed by atoms with E-state index in [1.54, 1.807) is 32.2 Å². The van der Waals surface area contributed by atoms with Gasteiger partial charge in [0.1, 0.15) is 28.9 Å². The number of nitrogens with one attached hydrogen (secondary N) is 2. The van der Waals surface area contributed by atoms with Crippen molar-refractivity contribution in [2.24, 2.45) is 0 Å². The molecule has 0 fully saturated rings. The van der Waals surface area contributed by atoms with Crippen LogP contribution in [-0.4, -0.2) is 29.5 Å². The summed E-state index contributed by atoms with van der Waals surface area (Å²) in [5, 5.41) is 5.91. The van der Waals surface area contributed by atoms with Gasteiger partial charge in [0.15, 0.2) is 0 Å². The lowest BCUT2D eigenvalue weighted by Gasteiger charge is -2.10. The van der Waals surface area contributed by atoms with Gasteiger partial charge in [-0.05, 0) is 55.3 Å². The van der Waals surface area contributed by atoms with E-state index in [-0.39, 0.29) is 17.4 Å². The number of carbonyl (C=O) groups is 1. The molecule has 2 aromatic carbocycles. The smallest absolute Gasteiger partial charge is 0.270 e. The molecule has 0 bridgehead atoms. The largest absolute Gasteiger partial charge is 0.497 e. The summed E-state index contributed by atoms with van der Waals surface area (Å²) in [5.41, 5.74) is 2.00. The maximum Gasteiger partial charge on any atom is 0.270 e. The third-order valence-electron chi connectivity index (χ3n) is 4.02. The normalized spacial score (nSPS) is 10.4. The first-order chi connectivity index (χ1) is 13.5. The molecule has 3 aromatic rings. The van der Waals surface area contributed by atoms with Gasteiger partial charge in [-0.2, -0.15) is 0 Å². The first kappa shape index (κ1) is 19.3. The summed E-state index contributed by atoms with van der Waals surface area (Å²) in [6, 6.07) is 15.2. The molecule has 1 amide bonds. The molecule has 0 saturated heterocycles. The van der Waals surface area contributed by atoms with Crippen LogP contribution in [0.3, 0.4) is 0 Å². The van der Waals surface area contributed by atoms with Gasteiger partial charge in [-0.3, -0.25) is 4.79 Å². The van der Waals surface area contributed by atoms with Gasteiger partial charge in [-0.25, -0.2) is 14.4 Å². The van der Waals surface area contributed by atoms with E-state index < -0.39 is 0 Å². The molecule has 0 aliphatic rings. The minimum atomic E-state index is -0.319. The zero-order valence-electron chi connectivity index (χ0n) is 15.7. The first-order valence-electron chi connectivity index (χ1n) is 8.83. The van der Waals surface area contributed by atoms with Crippen LogP contribution >= 0.6 is 0 Å². The monoisotopic (exact) mass is 380 g/mol. The van der Waals surface area contributed by atoms with E-state index in [0.717, 1.165) is 11.3 Å². The van der Waals surface area contributed by atoms with Crippen molar-refractivity contribution in [1.82, 2.24) is 15.3 Å². The highest BCUT2D eigenvalue weighted by molar-refractivity contribution is 5.93. The Kier molecular flexibility index (Phi) is 6.16. The Morgan fingerprint density at radius 3 is 2.64 bits per heavy atom. The highest BCUT2D eigenvalue weighted by atomic mass is 19.1. The van der Waals surface area contributed by atoms with Crippen LogP contribution < -0.4 is 15.4 Å². The summed E-state index contributed by atoms with van der Waals surface area (Å²) in [4.78, 5) is 20.9. The number of hydrogen-bond donors (Lipinski definition) is 2. The van der Waals surface area contributed by atoms with Crippen LogP contribution in [0.4, 0.5) is 15.9 Å². The molecule has 0 saturated carbocycles. The number of carbonyl (C=O) groups excluding carboxylic acids is 1. The fraction of sp³-hybridized carbons (Fsp3) is 0.190. The summed E-state index contributed by atoms with van der Waals surface area (Å²) in [6.45, 7) is 2.18. The molecule has 1 heterocycles. The van der Waals surface area contributed by atoms with E-state index in [1.807, 2.05) is 24.3 Å². The number of benzene rings is 2. The molecule has 0 unspecified atom stereocenters. The average Bonchev–Trinajstić information content (AvgIpc) is 2.69. The lowest BCUT2D eigenvalue weighted by Crippen LogP contribution is -2.27. The van der Waals surface area contributed by atoms with E-state index in [4.69, 9.17) is 4.74 Å². The number of nitrogens with zero attached hydrogens (tertiary/aromatic N) is 2. The van der Waals surface area contributed by atoms with Crippen molar-refractivity contribution >= 4 is 17.4 Å². The molecule has 28 heavy (non-hydrogen) atoms.